The van der Waals surface area contributed by atoms with Crippen molar-refractivity contribution in [1.82, 2.24) is 5.32 Å². The second-order valence-electron chi connectivity index (χ2n) is 4.26. The monoisotopic (exact) mass is 264 g/mol. The summed E-state index contributed by atoms with van der Waals surface area (Å²) in [6.07, 6.45) is 2.38. The molecule has 1 aromatic carbocycles. The van der Waals surface area contributed by atoms with Crippen molar-refractivity contribution in [2.45, 2.75) is 12.8 Å². The number of carbonyl (C=O) groups excluding carboxylic acids is 1. The van der Waals surface area contributed by atoms with Crippen molar-refractivity contribution >= 4 is 17.5 Å². The number of nitrogens with one attached hydrogen (secondary N) is 1. The first kappa shape index (κ1) is 12.7. The molecule has 1 aromatic rings. The van der Waals surface area contributed by atoms with Gasteiger partial charge in [-0.05, 0) is 30.9 Å². The molecule has 1 aliphatic rings. The van der Waals surface area contributed by atoms with Gasteiger partial charge in [0.2, 0.25) is 0 Å². The molecule has 18 heavy (non-hydrogen) atoms. The summed E-state index contributed by atoms with van der Waals surface area (Å²) in [6, 6.07) is 6.88. The summed E-state index contributed by atoms with van der Waals surface area (Å²) < 4.78 is 5.30. The zero-order valence-corrected chi connectivity index (χ0v) is 10.5. The van der Waals surface area contributed by atoms with Crippen LogP contribution in [-0.2, 0) is 4.79 Å². The summed E-state index contributed by atoms with van der Waals surface area (Å²) in [4.78, 5) is 11.5. The van der Waals surface area contributed by atoms with E-state index in [-0.39, 0.29) is 18.1 Å². The molecule has 0 bridgehead atoms. The van der Waals surface area contributed by atoms with Gasteiger partial charge in [-0.2, -0.15) is 5.26 Å². The lowest BCUT2D eigenvalue weighted by Crippen LogP contribution is -2.30. The highest BCUT2D eigenvalue weighted by atomic mass is 35.5. The Bertz CT molecular complexity index is 492. The lowest BCUT2D eigenvalue weighted by atomic mass is 10.2. The summed E-state index contributed by atoms with van der Waals surface area (Å²) in [5.41, 5.74) is 0.258. The van der Waals surface area contributed by atoms with Gasteiger partial charge in [0.25, 0.3) is 5.91 Å². The first-order valence-corrected chi connectivity index (χ1v) is 6.16. The van der Waals surface area contributed by atoms with Crippen molar-refractivity contribution in [3.63, 3.8) is 0 Å². The minimum atomic E-state index is -0.175. The Morgan fingerprint density at radius 2 is 2.33 bits per heavy atom. The molecule has 0 heterocycles. The molecule has 0 spiro atoms. The summed E-state index contributed by atoms with van der Waals surface area (Å²) in [7, 11) is 0. The number of halogens is 1. The van der Waals surface area contributed by atoms with Crippen molar-refractivity contribution < 1.29 is 9.53 Å². The standard InChI is InChI=1S/C13H13ClN2O2/c14-11-2-1-3-12(10(11)6-15)18-8-13(17)16-7-9-4-5-9/h1-3,9H,4-5,7-8H2,(H,16,17). The molecule has 0 aromatic heterocycles. The van der Waals surface area contributed by atoms with Crippen LogP contribution in [0.2, 0.25) is 5.02 Å². The largest absolute Gasteiger partial charge is 0.482 e. The van der Waals surface area contributed by atoms with E-state index in [0.29, 0.717) is 23.2 Å². The summed E-state index contributed by atoms with van der Waals surface area (Å²) in [5.74, 6) is 0.798. The summed E-state index contributed by atoms with van der Waals surface area (Å²) >= 11 is 5.85. The van der Waals surface area contributed by atoms with Gasteiger partial charge in [-0.1, -0.05) is 17.7 Å². The van der Waals surface area contributed by atoms with E-state index in [1.807, 2.05) is 6.07 Å². The number of nitrogens with zero attached hydrogens (tertiary/aromatic N) is 1. The molecule has 1 aliphatic carbocycles. The second-order valence-corrected chi connectivity index (χ2v) is 4.67. The maximum atomic E-state index is 11.5. The first-order chi connectivity index (χ1) is 8.70. The highest BCUT2D eigenvalue weighted by Crippen LogP contribution is 2.27. The number of hydrogen-bond acceptors (Lipinski definition) is 3. The number of carbonyl (C=O) groups is 1. The fourth-order valence-corrected chi connectivity index (χ4v) is 1.72. The molecule has 1 N–H and O–H groups in total. The van der Waals surface area contributed by atoms with Gasteiger partial charge < -0.3 is 10.1 Å². The first-order valence-electron chi connectivity index (χ1n) is 5.79. The van der Waals surface area contributed by atoms with Crippen LogP contribution in [-0.4, -0.2) is 19.1 Å². The molecule has 1 amide bonds. The molecule has 0 atom stereocenters. The van der Waals surface area contributed by atoms with Crippen LogP contribution in [0.3, 0.4) is 0 Å². The summed E-state index contributed by atoms with van der Waals surface area (Å²) in [5, 5.41) is 12.0. The predicted octanol–water partition coefficient (Wildman–Crippen LogP) is 2.12. The van der Waals surface area contributed by atoms with Crippen LogP contribution < -0.4 is 10.1 Å². The molecule has 0 radical (unpaired) electrons. The van der Waals surface area contributed by atoms with E-state index < -0.39 is 0 Å². The van der Waals surface area contributed by atoms with E-state index in [9.17, 15) is 4.79 Å². The number of benzene rings is 1. The lowest BCUT2D eigenvalue weighted by Gasteiger charge is -2.08. The molecule has 1 fully saturated rings. The predicted molar refractivity (Wildman–Crippen MR) is 67.4 cm³/mol. The molecule has 1 saturated carbocycles. The van der Waals surface area contributed by atoms with Gasteiger partial charge >= 0.3 is 0 Å². The Kier molecular flexibility index (Phi) is 4.06. The van der Waals surface area contributed by atoms with E-state index in [1.165, 1.54) is 12.8 Å². The molecular formula is C13H13ClN2O2. The molecular weight excluding hydrogens is 252 g/mol. The number of amides is 1. The van der Waals surface area contributed by atoms with Gasteiger partial charge in [-0.15, -0.1) is 0 Å². The third-order valence-electron chi connectivity index (χ3n) is 2.73. The van der Waals surface area contributed by atoms with E-state index in [4.69, 9.17) is 21.6 Å². The van der Waals surface area contributed by atoms with Crippen molar-refractivity contribution in [2.24, 2.45) is 5.92 Å². The van der Waals surface area contributed by atoms with Crippen LogP contribution >= 0.6 is 11.6 Å². The van der Waals surface area contributed by atoms with Crippen molar-refractivity contribution in [2.75, 3.05) is 13.2 Å². The maximum absolute atomic E-state index is 11.5. The lowest BCUT2D eigenvalue weighted by molar-refractivity contribution is -0.123. The Labute approximate surface area is 111 Å². The topological polar surface area (TPSA) is 62.1 Å². The third-order valence-corrected chi connectivity index (χ3v) is 3.05. The molecule has 0 saturated heterocycles. The highest BCUT2D eigenvalue weighted by Gasteiger charge is 2.21. The maximum Gasteiger partial charge on any atom is 0.257 e. The summed E-state index contributed by atoms with van der Waals surface area (Å²) in [6.45, 7) is 0.616. The number of nitriles is 1. The average molecular weight is 265 g/mol. The van der Waals surface area contributed by atoms with E-state index in [1.54, 1.807) is 18.2 Å². The fourth-order valence-electron chi connectivity index (χ4n) is 1.51. The SMILES string of the molecule is N#Cc1c(Cl)cccc1OCC(=O)NCC1CC1. The van der Waals surface area contributed by atoms with E-state index in [2.05, 4.69) is 5.32 Å². The van der Waals surface area contributed by atoms with Gasteiger partial charge in [0.1, 0.15) is 17.4 Å². The van der Waals surface area contributed by atoms with E-state index >= 15 is 0 Å². The smallest absolute Gasteiger partial charge is 0.257 e. The van der Waals surface area contributed by atoms with Crippen LogP contribution in [0.15, 0.2) is 18.2 Å². The van der Waals surface area contributed by atoms with Crippen LogP contribution in [0.1, 0.15) is 18.4 Å². The Morgan fingerprint density at radius 3 is 3.00 bits per heavy atom. The van der Waals surface area contributed by atoms with Crippen LogP contribution in [0, 0.1) is 17.2 Å². The third kappa shape index (κ3) is 3.38. The minimum absolute atomic E-state index is 0.0955. The number of ether oxygens (including phenoxy) is 1. The highest BCUT2D eigenvalue weighted by molar-refractivity contribution is 6.31. The Hall–Kier alpha value is -1.73. The van der Waals surface area contributed by atoms with Crippen molar-refractivity contribution in [1.29, 1.82) is 5.26 Å². The van der Waals surface area contributed by atoms with Crippen molar-refractivity contribution in [3.8, 4) is 11.8 Å². The van der Waals surface area contributed by atoms with Gasteiger partial charge in [0, 0.05) is 6.54 Å². The van der Waals surface area contributed by atoms with Gasteiger partial charge in [0.15, 0.2) is 6.61 Å². The molecule has 2 rings (SSSR count). The second kappa shape index (κ2) is 5.74. The molecule has 4 nitrogen and oxygen atoms in total. The molecule has 0 aliphatic heterocycles. The normalized spacial score (nSPS) is 13.8. The Morgan fingerprint density at radius 1 is 1.56 bits per heavy atom. The Balaban J connectivity index is 1.87. The zero-order chi connectivity index (χ0) is 13.0. The zero-order valence-electron chi connectivity index (χ0n) is 9.78. The average Bonchev–Trinajstić information content (AvgIpc) is 3.18. The van der Waals surface area contributed by atoms with Crippen molar-refractivity contribution in [3.05, 3.63) is 28.8 Å². The minimum Gasteiger partial charge on any atom is -0.482 e. The van der Waals surface area contributed by atoms with Gasteiger partial charge in [-0.25, -0.2) is 0 Å². The number of rotatable bonds is 5. The van der Waals surface area contributed by atoms with Gasteiger partial charge in [-0.3, -0.25) is 4.79 Å². The van der Waals surface area contributed by atoms with Crippen LogP contribution in [0.25, 0.3) is 0 Å². The quantitative estimate of drug-likeness (QED) is 0.886. The molecule has 94 valence electrons. The molecule has 0 unspecified atom stereocenters. The van der Waals surface area contributed by atoms with Gasteiger partial charge in [0.05, 0.1) is 5.02 Å². The van der Waals surface area contributed by atoms with E-state index in [0.717, 1.165) is 0 Å². The van der Waals surface area contributed by atoms with Crippen LogP contribution in [0.4, 0.5) is 0 Å². The number of hydrogen-bond donors (Lipinski definition) is 1. The molecule has 5 heteroatoms. The van der Waals surface area contributed by atoms with Crippen LogP contribution in [0.5, 0.6) is 5.75 Å². The fraction of sp³-hybridized carbons (Fsp3) is 0.385.